The number of ether oxygens (including phenoxy) is 4. The van der Waals surface area contributed by atoms with E-state index in [1.54, 1.807) is 0 Å². The zero-order valence-corrected chi connectivity index (χ0v) is 52.8. The standard InChI is InChI=1S/C14H21NO.2C13H19NO.C12H17NO.C9H19NO.C8H17NO/c1-15-10-8-14(16-2,9-11-15)12-13-6-4-3-5-7-13;1-14-10-8-13(15-2,9-11-14)12-6-4-3-5-7-12;1-14-9-7-13(15,8-10-14)11-12-5-3-2-4-6-12;1-13-9-7-12(14,8-10-13)11-5-3-2-4-6-11;1-4-9(11-3)5-7-10(2)8-6-9;1-8(10-3)4-6-9(2)7-5-8/h3-7H,8-12H2,1-2H3;3-7H,8-11H2,1-2H3;2-6,15H,7-11H2,1H3;2-6,14H,7-10H2,1H3;4-8H2,1-3H3;4-7H2,1-3H3. The maximum absolute atomic E-state index is 10.4. The normalized spacial score (nSPS) is 22.6. The molecule has 6 aliphatic rings. The Morgan fingerprint density at radius 1 is 0.358 bits per heavy atom. The minimum atomic E-state index is -0.590. The van der Waals surface area contributed by atoms with E-state index in [4.69, 9.17) is 18.9 Å². The van der Waals surface area contributed by atoms with Crippen molar-refractivity contribution in [2.75, 3.05) is 149 Å². The van der Waals surface area contributed by atoms with Crippen LogP contribution in [0.5, 0.6) is 0 Å². The molecule has 0 aliphatic carbocycles. The lowest BCUT2D eigenvalue weighted by Crippen LogP contribution is -2.45. The third kappa shape index (κ3) is 22.4. The third-order valence-electron chi connectivity index (χ3n) is 19.1. The SMILES string of the molecule is CCC1(OC)CCN(C)CC1.CN1CCC(O)(Cc2ccccc2)CC1.CN1CCC(O)(c2ccccc2)CC1.COC1(C)CCN(C)CC1.COC1(Cc2ccccc2)CCN(C)CC1.COC1(c2ccccc2)CCN(C)CC1. The number of likely N-dealkylation sites (tertiary alicyclic amines) is 6. The Morgan fingerprint density at radius 2 is 0.679 bits per heavy atom. The van der Waals surface area contributed by atoms with Crippen molar-refractivity contribution in [3.8, 4) is 0 Å². The number of nitrogens with zero attached hydrogens (tertiary/aromatic N) is 6. The summed E-state index contributed by atoms with van der Waals surface area (Å²) in [5.74, 6) is 0. The van der Waals surface area contributed by atoms with Crippen LogP contribution in [0.15, 0.2) is 121 Å². The second-order valence-electron chi connectivity index (χ2n) is 25.1. The molecule has 2 N–H and O–H groups in total. The molecular weight excluding hydrogens is 1010 g/mol. The molecule has 6 heterocycles. The van der Waals surface area contributed by atoms with Gasteiger partial charge in [-0.25, -0.2) is 0 Å². The first-order valence-corrected chi connectivity index (χ1v) is 30.7. The molecule has 0 atom stereocenters. The number of methoxy groups -OCH3 is 4. The Bertz CT molecular complexity index is 2220. The van der Waals surface area contributed by atoms with Gasteiger partial charge in [0.05, 0.1) is 33.6 Å². The molecule has 0 amide bonds. The summed E-state index contributed by atoms with van der Waals surface area (Å²) in [6, 6.07) is 41.5. The lowest BCUT2D eigenvalue weighted by Gasteiger charge is -2.40. The first-order valence-electron chi connectivity index (χ1n) is 30.7. The molecule has 0 spiro atoms. The van der Waals surface area contributed by atoms with Gasteiger partial charge in [0.1, 0.15) is 0 Å². The van der Waals surface area contributed by atoms with Gasteiger partial charge in [0.15, 0.2) is 0 Å². The van der Waals surface area contributed by atoms with E-state index in [1.807, 2.05) is 77.0 Å². The van der Waals surface area contributed by atoms with Crippen LogP contribution in [-0.4, -0.2) is 211 Å². The lowest BCUT2D eigenvalue weighted by atomic mass is 9.84. The van der Waals surface area contributed by atoms with Crippen molar-refractivity contribution in [3.63, 3.8) is 0 Å². The predicted octanol–water partition coefficient (Wildman–Crippen LogP) is 10.5. The fraction of sp³-hybridized carbons (Fsp3) is 0.652. The fourth-order valence-corrected chi connectivity index (χ4v) is 12.0. The average Bonchev–Trinajstić information content (AvgIpc) is 3.51. The van der Waals surface area contributed by atoms with Crippen molar-refractivity contribution in [2.24, 2.45) is 0 Å². The smallest absolute Gasteiger partial charge is 0.0951 e. The summed E-state index contributed by atoms with van der Waals surface area (Å²) < 4.78 is 22.5. The summed E-state index contributed by atoms with van der Waals surface area (Å²) in [4.78, 5) is 14.0. The van der Waals surface area contributed by atoms with Gasteiger partial charge in [-0.15, -0.1) is 0 Å². The van der Waals surface area contributed by atoms with Crippen molar-refractivity contribution < 1.29 is 29.2 Å². The third-order valence-corrected chi connectivity index (χ3v) is 19.1. The minimum Gasteiger partial charge on any atom is -0.389 e. The highest BCUT2D eigenvalue weighted by Gasteiger charge is 2.37. The molecule has 10 rings (SSSR count). The second-order valence-corrected chi connectivity index (χ2v) is 25.1. The van der Waals surface area contributed by atoms with E-state index in [9.17, 15) is 10.2 Å². The monoisotopic (exact) mass is 1120 g/mol. The van der Waals surface area contributed by atoms with Crippen LogP contribution in [0.1, 0.15) is 120 Å². The summed E-state index contributed by atoms with van der Waals surface area (Å²) in [6.07, 6.45) is 15.6. The zero-order valence-electron chi connectivity index (χ0n) is 52.8. The van der Waals surface area contributed by atoms with Gasteiger partial charge in [-0.1, -0.05) is 128 Å². The molecule has 454 valence electrons. The summed E-state index contributed by atoms with van der Waals surface area (Å²) in [7, 11) is 20.2. The molecule has 6 aliphatic heterocycles. The first-order chi connectivity index (χ1) is 38.8. The van der Waals surface area contributed by atoms with Gasteiger partial charge in [-0.3, -0.25) is 0 Å². The Balaban J connectivity index is 0.000000180. The van der Waals surface area contributed by atoms with Crippen LogP contribution in [0, 0.1) is 0 Å². The van der Waals surface area contributed by atoms with Crippen molar-refractivity contribution in [3.05, 3.63) is 144 Å². The number of hydrogen-bond acceptors (Lipinski definition) is 12. The summed E-state index contributed by atoms with van der Waals surface area (Å²) >= 11 is 0. The van der Waals surface area contributed by atoms with Crippen LogP contribution in [0.25, 0.3) is 0 Å². The van der Waals surface area contributed by atoms with Crippen LogP contribution < -0.4 is 0 Å². The highest BCUT2D eigenvalue weighted by molar-refractivity contribution is 5.25. The van der Waals surface area contributed by atoms with Crippen LogP contribution in [0.2, 0.25) is 0 Å². The quantitative estimate of drug-likeness (QED) is 0.150. The largest absolute Gasteiger partial charge is 0.389 e. The predicted molar refractivity (Wildman–Crippen MR) is 336 cm³/mol. The Labute approximate surface area is 493 Å². The van der Waals surface area contributed by atoms with Crippen molar-refractivity contribution in [2.45, 2.75) is 144 Å². The van der Waals surface area contributed by atoms with E-state index >= 15 is 0 Å². The summed E-state index contributed by atoms with van der Waals surface area (Å²) in [5.41, 5.74) is 4.31. The van der Waals surface area contributed by atoms with Crippen LogP contribution in [0.4, 0.5) is 0 Å². The molecule has 6 saturated heterocycles. The van der Waals surface area contributed by atoms with E-state index in [0.29, 0.717) is 0 Å². The van der Waals surface area contributed by atoms with E-state index in [1.165, 1.54) is 68.6 Å². The number of piperidine rings is 6. The average molecular weight is 1120 g/mol. The van der Waals surface area contributed by atoms with E-state index < -0.39 is 11.2 Å². The van der Waals surface area contributed by atoms with Gasteiger partial charge < -0.3 is 58.6 Å². The van der Waals surface area contributed by atoms with Crippen molar-refractivity contribution >= 4 is 0 Å². The zero-order chi connectivity index (χ0) is 58.8. The molecule has 4 aromatic rings. The molecule has 81 heavy (non-hydrogen) atoms. The molecule has 0 bridgehead atoms. The number of hydrogen-bond donors (Lipinski definition) is 2. The highest BCUT2D eigenvalue weighted by Crippen LogP contribution is 2.36. The maximum atomic E-state index is 10.4. The maximum Gasteiger partial charge on any atom is 0.0951 e. The Kier molecular flexibility index (Phi) is 28.4. The van der Waals surface area contributed by atoms with Crippen molar-refractivity contribution in [1.82, 2.24) is 29.4 Å². The number of benzene rings is 4. The van der Waals surface area contributed by atoms with E-state index in [0.717, 1.165) is 129 Å². The molecule has 4 aromatic carbocycles. The molecule has 12 heteroatoms. The van der Waals surface area contributed by atoms with Crippen LogP contribution in [0.3, 0.4) is 0 Å². The number of rotatable bonds is 11. The fourth-order valence-electron chi connectivity index (χ4n) is 12.0. The second kappa shape index (κ2) is 33.8. The molecule has 0 aromatic heterocycles. The van der Waals surface area contributed by atoms with Crippen LogP contribution in [-0.2, 0) is 43.0 Å². The Hall–Kier alpha value is -3.60. The molecule has 0 radical (unpaired) electrons. The first kappa shape index (κ1) is 68.2. The minimum absolute atomic E-state index is 0.0478. The molecular formula is C69H112N6O6. The van der Waals surface area contributed by atoms with Crippen LogP contribution >= 0.6 is 0 Å². The molecule has 6 fully saturated rings. The van der Waals surface area contributed by atoms with Gasteiger partial charge in [0.25, 0.3) is 0 Å². The highest BCUT2D eigenvalue weighted by atomic mass is 16.5. The van der Waals surface area contributed by atoms with E-state index in [-0.39, 0.29) is 22.4 Å². The van der Waals surface area contributed by atoms with E-state index in [2.05, 4.69) is 158 Å². The summed E-state index contributed by atoms with van der Waals surface area (Å²) in [5, 5.41) is 20.8. The van der Waals surface area contributed by atoms with Gasteiger partial charge in [0.2, 0.25) is 0 Å². The van der Waals surface area contributed by atoms with Crippen molar-refractivity contribution in [1.29, 1.82) is 0 Å². The van der Waals surface area contributed by atoms with Gasteiger partial charge in [-0.2, -0.15) is 0 Å². The van der Waals surface area contributed by atoms with Gasteiger partial charge >= 0.3 is 0 Å². The number of aliphatic hydroxyl groups is 2. The molecule has 0 saturated carbocycles. The van der Waals surface area contributed by atoms with Gasteiger partial charge in [-0.05, 0) is 155 Å². The van der Waals surface area contributed by atoms with Gasteiger partial charge in [0, 0.05) is 120 Å². The molecule has 0 unspecified atom stereocenters. The summed E-state index contributed by atoms with van der Waals surface area (Å²) in [6.45, 7) is 17.6. The topological polar surface area (TPSA) is 96.8 Å². The molecule has 12 nitrogen and oxygen atoms in total. The Morgan fingerprint density at radius 3 is 1.05 bits per heavy atom. The lowest BCUT2D eigenvalue weighted by molar-refractivity contribution is -0.0585.